The molecule has 0 unspecified atom stereocenters. The third-order valence-electron chi connectivity index (χ3n) is 3.56. The van der Waals surface area contributed by atoms with E-state index in [9.17, 15) is 13.2 Å². The zero-order chi connectivity index (χ0) is 19.9. The van der Waals surface area contributed by atoms with Crippen LogP contribution in [0.3, 0.4) is 0 Å². The molecule has 2 rings (SSSR count). The smallest absolute Gasteiger partial charge is 0.350 e. The van der Waals surface area contributed by atoms with Gasteiger partial charge >= 0.3 is 6.18 Å². The normalized spacial score (nSPS) is 11.5. The largest absolute Gasteiger partial charge is 0.416 e. The fourth-order valence-corrected chi connectivity index (χ4v) is 2.99. The lowest BCUT2D eigenvalue weighted by molar-refractivity contribution is -0.137. The molecular formula is C19H22F3IN4S. The predicted octanol–water partition coefficient (Wildman–Crippen LogP) is 4.62. The predicted molar refractivity (Wildman–Crippen MR) is 118 cm³/mol. The summed E-state index contributed by atoms with van der Waals surface area (Å²) in [5.41, 5.74) is 0.675. The number of hydrogen-bond acceptors (Lipinski definition) is 3. The van der Waals surface area contributed by atoms with E-state index in [0.29, 0.717) is 24.0 Å². The van der Waals surface area contributed by atoms with Crippen molar-refractivity contribution in [3.05, 3.63) is 51.5 Å². The van der Waals surface area contributed by atoms with E-state index in [1.54, 1.807) is 24.5 Å². The van der Waals surface area contributed by atoms with Crippen LogP contribution in [-0.4, -0.2) is 24.5 Å². The molecule has 0 aliphatic heterocycles. The summed E-state index contributed by atoms with van der Waals surface area (Å²) < 4.78 is 38.1. The summed E-state index contributed by atoms with van der Waals surface area (Å²) in [6.07, 6.45) is -4.37. The fourth-order valence-electron chi connectivity index (χ4n) is 2.10. The summed E-state index contributed by atoms with van der Waals surface area (Å²) in [5.74, 6) is 6.46. The molecule has 2 aromatic rings. The Labute approximate surface area is 184 Å². The highest BCUT2D eigenvalue weighted by Crippen LogP contribution is 2.29. The Balaban J connectivity index is 0.00000392. The van der Waals surface area contributed by atoms with Crippen molar-refractivity contribution >= 4 is 41.3 Å². The Hall–Kier alpha value is -1.80. The SMILES string of the molecule is CN=C(NCC#Cc1cccc(C(F)(F)F)c1)NCc1nc(C(C)C)cs1.I. The molecule has 9 heteroatoms. The minimum absolute atomic E-state index is 0. The molecule has 0 fully saturated rings. The van der Waals surface area contributed by atoms with E-state index in [4.69, 9.17) is 0 Å². The molecule has 0 aliphatic carbocycles. The average Bonchev–Trinajstić information content (AvgIpc) is 3.10. The van der Waals surface area contributed by atoms with Gasteiger partial charge in [-0.1, -0.05) is 31.8 Å². The number of rotatable bonds is 4. The number of nitrogens with one attached hydrogen (secondary N) is 2. The van der Waals surface area contributed by atoms with Gasteiger partial charge in [0.15, 0.2) is 5.96 Å². The van der Waals surface area contributed by atoms with Crippen molar-refractivity contribution in [2.75, 3.05) is 13.6 Å². The standard InChI is InChI=1S/C19H21F3N4S.HI/c1-13(2)16-12-27-17(26-16)11-25-18(23-3)24-9-5-7-14-6-4-8-15(10-14)19(20,21)22;/h4,6,8,10,12-13H,9,11H2,1-3H3,(H2,23,24,25);1H. The quantitative estimate of drug-likeness (QED) is 0.267. The highest BCUT2D eigenvalue weighted by Gasteiger charge is 2.30. The van der Waals surface area contributed by atoms with Crippen LogP contribution < -0.4 is 10.6 Å². The highest BCUT2D eigenvalue weighted by atomic mass is 127. The average molecular weight is 522 g/mol. The van der Waals surface area contributed by atoms with Crippen LogP contribution >= 0.6 is 35.3 Å². The Bertz CT molecular complexity index is 851. The van der Waals surface area contributed by atoms with Gasteiger partial charge in [0.1, 0.15) is 5.01 Å². The molecule has 2 N–H and O–H groups in total. The first-order valence-electron chi connectivity index (χ1n) is 8.34. The molecule has 0 aliphatic rings. The molecule has 0 amide bonds. The number of aliphatic imine (C=N–C) groups is 1. The number of guanidine groups is 1. The van der Waals surface area contributed by atoms with Crippen LogP contribution in [0, 0.1) is 11.8 Å². The van der Waals surface area contributed by atoms with Crippen LogP contribution in [0.4, 0.5) is 13.2 Å². The summed E-state index contributed by atoms with van der Waals surface area (Å²) in [7, 11) is 1.64. The van der Waals surface area contributed by atoms with Crippen LogP contribution in [0.25, 0.3) is 0 Å². The van der Waals surface area contributed by atoms with Gasteiger partial charge < -0.3 is 10.6 Å². The molecule has 1 aromatic carbocycles. The van der Waals surface area contributed by atoms with E-state index in [0.717, 1.165) is 22.8 Å². The molecule has 1 aromatic heterocycles. The van der Waals surface area contributed by atoms with Crippen LogP contribution in [0.1, 0.15) is 41.6 Å². The molecule has 0 atom stereocenters. The van der Waals surface area contributed by atoms with Gasteiger partial charge in [-0.05, 0) is 24.1 Å². The van der Waals surface area contributed by atoms with Crippen LogP contribution in [0.5, 0.6) is 0 Å². The molecule has 0 bridgehead atoms. The number of hydrogen-bond donors (Lipinski definition) is 2. The Morgan fingerprint density at radius 2 is 2.04 bits per heavy atom. The van der Waals surface area contributed by atoms with Crippen LogP contribution in [0.2, 0.25) is 0 Å². The summed E-state index contributed by atoms with van der Waals surface area (Å²) in [5, 5.41) is 9.14. The maximum absolute atomic E-state index is 12.7. The van der Waals surface area contributed by atoms with Crippen molar-refractivity contribution in [3.63, 3.8) is 0 Å². The van der Waals surface area contributed by atoms with Crippen LogP contribution in [-0.2, 0) is 12.7 Å². The van der Waals surface area contributed by atoms with Gasteiger partial charge in [-0.25, -0.2) is 4.98 Å². The lowest BCUT2D eigenvalue weighted by Crippen LogP contribution is -2.36. The number of nitrogens with zero attached hydrogens (tertiary/aromatic N) is 2. The highest BCUT2D eigenvalue weighted by molar-refractivity contribution is 14.0. The minimum atomic E-state index is -4.37. The van der Waals surface area contributed by atoms with Gasteiger partial charge in [0, 0.05) is 18.0 Å². The third kappa shape index (κ3) is 7.67. The fraction of sp³-hybridized carbons (Fsp3) is 0.368. The van der Waals surface area contributed by atoms with Gasteiger partial charge in [-0.2, -0.15) is 13.2 Å². The monoisotopic (exact) mass is 522 g/mol. The zero-order valence-corrected chi connectivity index (χ0v) is 18.9. The number of alkyl halides is 3. The van der Waals surface area contributed by atoms with Crippen molar-refractivity contribution in [2.24, 2.45) is 4.99 Å². The minimum Gasteiger partial charge on any atom is -0.350 e. The molecule has 0 saturated heterocycles. The summed E-state index contributed by atoms with van der Waals surface area (Å²) in [6.45, 7) is 4.98. The maximum Gasteiger partial charge on any atom is 0.416 e. The van der Waals surface area contributed by atoms with Crippen molar-refractivity contribution in [3.8, 4) is 11.8 Å². The van der Waals surface area contributed by atoms with Crippen LogP contribution in [0.15, 0.2) is 34.6 Å². The number of benzene rings is 1. The Kier molecular flexibility index (Phi) is 9.75. The molecular weight excluding hydrogens is 500 g/mol. The van der Waals surface area contributed by atoms with Crippen molar-refractivity contribution in [1.82, 2.24) is 15.6 Å². The molecule has 4 nitrogen and oxygen atoms in total. The lowest BCUT2D eigenvalue weighted by atomic mass is 10.1. The van der Waals surface area contributed by atoms with E-state index in [1.165, 1.54) is 6.07 Å². The second-order valence-electron chi connectivity index (χ2n) is 5.98. The van der Waals surface area contributed by atoms with E-state index in [2.05, 4.69) is 46.3 Å². The first-order chi connectivity index (χ1) is 12.8. The Morgan fingerprint density at radius 3 is 2.64 bits per heavy atom. The van der Waals surface area contributed by atoms with Gasteiger partial charge in [-0.3, -0.25) is 4.99 Å². The topological polar surface area (TPSA) is 49.3 Å². The molecule has 152 valence electrons. The van der Waals surface area contributed by atoms with Gasteiger partial charge in [-0.15, -0.1) is 35.3 Å². The summed E-state index contributed by atoms with van der Waals surface area (Å²) in [4.78, 5) is 8.62. The maximum atomic E-state index is 12.7. The number of aromatic nitrogens is 1. The second-order valence-corrected chi connectivity index (χ2v) is 6.92. The molecule has 0 spiro atoms. The van der Waals surface area contributed by atoms with Gasteiger partial charge in [0.05, 0.1) is 24.3 Å². The first-order valence-corrected chi connectivity index (χ1v) is 9.22. The van der Waals surface area contributed by atoms with Gasteiger partial charge in [0.25, 0.3) is 0 Å². The van der Waals surface area contributed by atoms with E-state index >= 15 is 0 Å². The summed E-state index contributed by atoms with van der Waals surface area (Å²) >= 11 is 1.58. The first kappa shape index (κ1) is 24.2. The lowest BCUT2D eigenvalue weighted by Gasteiger charge is -2.08. The van der Waals surface area contributed by atoms with E-state index in [-0.39, 0.29) is 30.5 Å². The molecule has 28 heavy (non-hydrogen) atoms. The molecule has 0 radical (unpaired) electrons. The molecule has 0 saturated carbocycles. The van der Waals surface area contributed by atoms with E-state index < -0.39 is 11.7 Å². The van der Waals surface area contributed by atoms with Gasteiger partial charge in [0.2, 0.25) is 0 Å². The number of thiazole rings is 1. The Morgan fingerprint density at radius 1 is 1.29 bits per heavy atom. The van der Waals surface area contributed by atoms with Crippen molar-refractivity contribution in [2.45, 2.75) is 32.5 Å². The summed E-state index contributed by atoms with van der Waals surface area (Å²) in [6, 6.07) is 4.96. The third-order valence-corrected chi connectivity index (χ3v) is 4.43. The van der Waals surface area contributed by atoms with Crippen molar-refractivity contribution in [1.29, 1.82) is 0 Å². The molecule has 1 heterocycles. The van der Waals surface area contributed by atoms with Crippen molar-refractivity contribution < 1.29 is 13.2 Å². The second kappa shape index (κ2) is 11.3. The zero-order valence-electron chi connectivity index (χ0n) is 15.7. The van der Waals surface area contributed by atoms with E-state index in [1.807, 2.05) is 5.38 Å². The number of halogens is 4.